The van der Waals surface area contributed by atoms with E-state index in [9.17, 15) is 4.79 Å². The number of ether oxygens (including phenoxy) is 1. The minimum atomic E-state index is -0.0502. The van der Waals surface area contributed by atoms with Gasteiger partial charge in [-0.15, -0.1) is 11.3 Å². The van der Waals surface area contributed by atoms with E-state index in [0.717, 1.165) is 37.9 Å². The topological polar surface area (TPSA) is 68.1 Å². The Morgan fingerprint density at radius 2 is 1.92 bits per heavy atom. The van der Waals surface area contributed by atoms with Gasteiger partial charge in [0.1, 0.15) is 10.4 Å². The Morgan fingerprint density at radius 1 is 1.15 bits per heavy atom. The second-order valence-electron chi connectivity index (χ2n) is 6.44. The molecule has 26 heavy (non-hydrogen) atoms. The van der Waals surface area contributed by atoms with E-state index in [-0.39, 0.29) is 5.56 Å². The largest absolute Gasteiger partial charge is 0.496 e. The molecule has 132 valence electrons. The van der Waals surface area contributed by atoms with Crippen molar-refractivity contribution in [3.63, 3.8) is 0 Å². The average molecular weight is 364 g/mol. The standard InChI is InChI=1S/C21H20N2O2S/c1-12(11-22)13-3-5-14(6-4-13)18-17(25-2)8-7-16-19(18)15-9-10-26-20(15)21(24)23-16/h3-10,12H,11,22H2,1-2H3,(H,23,24)/t12-/m1/s1. The number of hydrogen-bond donors (Lipinski definition) is 2. The first kappa shape index (κ1) is 16.8. The van der Waals surface area contributed by atoms with Crippen LogP contribution in [0.5, 0.6) is 5.75 Å². The van der Waals surface area contributed by atoms with Crippen LogP contribution in [0.15, 0.2) is 52.6 Å². The number of hydrogen-bond acceptors (Lipinski definition) is 4. The first-order valence-corrected chi connectivity index (χ1v) is 9.42. The van der Waals surface area contributed by atoms with Crippen molar-refractivity contribution in [2.24, 2.45) is 5.73 Å². The van der Waals surface area contributed by atoms with Gasteiger partial charge in [-0.1, -0.05) is 31.2 Å². The van der Waals surface area contributed by atoms with Crippen molar-refractivity contribution in [2.45, 2.75) is 12.8 Å². The maximum Gasteiger partial charge on any atom is 0.266 e. The van der Waals surface area contributed by atoms with Crippen LogP contribution in [0.2, 0.25) is 0 Å². The molecule has 0 aliphatic heterocycles. The van der Waals surface area contributed by atoms with E-state index in [1.54, 1.807) is 7.11 Å². The van der Waals surface area contributed by atoms with E-state index >= 15 is 0 Å². The molecule has 5 heteroatoms. The number of pyridine rings is 1. The van der Waals surface area contributed by atoms with Crippen LogP contribution in [0.3, 0.4) is 0 Å². The highest BCUT2D eigenvalue weighted by Crippen LogP contribution is 2.40. The van der Waals surface area contributed by atoms with Gasteiger partial charge < -0.3 is 15.5 Å². The lowest BCUT2D eigenvalue weighted by molar-refractivity contribution is 0.417. The van der Waals surface area contributed by atoms with Crippen LogP contribution in [-0.2, 0) is 0 Å². The number of aromatic amines is 1. The van der Waals surface area contributed by atoms with Crippen molar-refractivity contribution >= 4 is 32.3 Å². The Balaban J connectivity index is 2.04. The summed E-state index contributed by atoms with van der Waals surface area (Å²) in [5, 5.41) is 3.93. The van der Waals surface area contributed by atoms with Crippen LogP contribution in [0.25, 0.3) is 32.1 Å². The zero-order chi connectivity index (χ0) is 18.3. The Kier molecular flexibility index (Phi) is 4.26. The van der Waals surface area contributed by atoms with Gasteiger partial charge in [-0.25, -0.2) is 0 Å². The summed E-state index contributed by atoms with van der Waals surface area (Å²) in [5.41, 5.74) is 9.82. The van der Waals surface area contributed by atoms with Crippen LogP contribution < -0.4 is 16.0 Å². The van der Waals surface area contributed by atoms with E-state index in [2.05, 4.69) is 36.2 Å². The second-order valence-corrected chi connectivity index (χ2v) is 7.36. The molecule has 0 bridgehead atoms. The van der Waals surface area contributed by atoms with Crippen LogP contribution >= 0.6 is 11.3 Å². The average Bonchev–Trinajstić information content (AvgIpc) is 3.17. The van der Waals surface area contributed by atoms with E-state index < -0.39 is 0 Å². The predicted molar refractivity (Wildman–Crippen MR) is 109 cm³/mol. The maximum absolute atomic E-state index is 12.3. The zero-order valence-corrected chi connectivity index (χ0v) is 15.5. The summed E-state index contributed by atoms with van der Waals surface area (Å²) in [6.45, 7) is 2.74. The molecule has 2 aromatic heterocycles. The summed E-state index contributed by atoms with van der Waals surface area (Å²) in [6, 6.07) is 14.2. The van der Waals surface area contributed by atoms with Crippen molar-refractivity contribution in [1.29, 1.82) is 0 Å². The molecule has 2 heterocycles. The Hall–Kier alpha value is -2.63. The van der Waals surface area contributed by atoms with E-state index in [4.69, 9.17) is 10.5 Å². The highest BCUT2D eigenvalue weighted by molar-refractivity contribution is 7.17. The summed E-state index contributed by atoms with van der Waals surface area (Å²) in [6.07, 6.45) is 0. The normalized spacial score (nSPS) is 12.6. The fourth-order valence-corrected chi connectivity index (χ4v) is 4.19. The van der Waals surface area contributed by atoms with Gasteiger partial charge in [0, 0.05) is 21.9 Å². The van der Waals surface area contributed by atoms with Crippen molar-refractivity contribution in [1.82, 2.24) is 4.98 Å². The number of nitrogens with one attached hydrogen (secondary N) is 1. The first-order chi connectivity index (χ1) is 12.6. The molecule has 1 atom stereocenters. The molecular formula is C21H20N2O2S. The van der Waals surface area contributed by atoms with Crippen molar-refractivity contribution in [3.05, 3.63) is 63.8 Å². The maximum atomic E-state index is 12.3. The number of methoxy groups -OCH3 is 1. The van der Waals surface area contributed by atoms with Crippen LogP contribution in [0.4, 0.5) is 0 Å². The molecule has 0 radical (unpaired) electrons. The van der Waals surface area contributed by atoms with Crippen LogP contribution in [0.1, 0.15) is 18.4 Å². The monoisotopic (exact) mass is 364 g/mol. The molecule has 0 amide bonds. The van der Waals surface area contributed by atoms with Crippen LogP contribution in [-0.4, -0.2) is 18.6 Å². The summed E-state index contributed by atoms with van der Waals surface area (Å²) in [5.74, 6) is 1.11. The summed E-state index contributed by atoms with van der Waals surface area (Å²) < 4.78 is 6.39. The lowest BCUT2D eigenvalue weighted by Crippen LogP contribution is -2.08. The quantitative estimate of drug-likeness (QED) is 0.561. The predicted octanol–water partition coefficient (Wildman–Crippen LogP) is 4.48. The van der Waals surface area contributed by atoms with Gasteiger partial charge in [-0.3, -0.25) is 4.79 Å². The van der Waals surface area contributed by atoms with Gasteiger partial charge in [-0.05, 0) is 47.2 Å². The number of H-pyrrole nitrogens is 1. The number of rotatable bonds is 4. The van der Waals surface area contributed by atoms with E-state index in [1.807, 2.05) is 23.6 Å². The molecule has 0 spiro atoms. The molecule has 0 unspecified atom stereocenters. The minimum Gasteiger partial charge on any atom is -0.496 e. The van der Waals surface area contributed by atoms with E-state index in [0.29, 0.717) is 12.5 Å². The number of aromatic nitrogens is 1. The van der Waals surface area contributed by atoms with Gasteiger partial charge in [0.2, 0.25) is 0 Å². The molecule has 0 fully saturated rings. The van der Waals surface area contributed by atoms with Crippen molar-refractivity contribution in [2.75, 3.05) is 13.7 Å². The molecule has 2 aromatic carbocycles. The fourth-order valence-electron chi connectivity index (χ4n) is 3.40. The third-order valence-corrected chi connectivity index (χ3v) is 5.81. The van der Waals surface area contributed by atoms with Gasteiger partial charge in [0.05, 0.1) is 7.11 Å². The van der Waals surface area contributed by atoms with Gasteiger partial charge in [0.15, 0.2) is 0 Å². The van der Waals surface area contributed by atoms with Gasteiger partial charge in [-0.2, -0.15) is 0 Å². The minimum absolute atomic E-state index is 0.0502. The Morgan fingerprint density at radius 3 is 2.62 bits per heavy atom. The summed E-state index contributed by atoms with van der Waals surface area (Å²) >= 11 is 1.46. The smallest absolute Gasteiger partial charge is 0.266 e. The molecule has 0 saturated heterocycles. The molecule has 4 aromatic rings. The Bertz CT molecular complexity index is 1140. The molecular weight excluding hydrogens is 344 g/mol. The first-order valence-electron chi connectivity index (χ1n) is 8.54. The van der Waals surface area contributed by atoms with Gasteiger partial charge in [0.25, 0.3) is 5.56 Å². The lowest BCUT2D eigenvalue weighted by Gasteiger charge is -2.15. The van der Waals surface area contributed by atoms with Gasteiger partial charge >= 0.3 is 0 Å². The molecule has 0 aliphatic rings. The zero-order valence-electron chi connectivity index (χ0n) is 14.7. The number of nitrogens with two attached hydrogens (primary N) is 1. The van der Waals surface area contributed by atoms with E-state index in [1.165, 1.54) is 16.9 Å². The molecule has 0 aliphatic carbocycles. The molecule has 3 N–H and O–H groups in total. The van der Waals surface area contributed by atoms with Crippen molar-refractivity contribution < 1.29 is 4.74 Å². The Labute approximate surface area is 155 Å². The lowest BCUT2D eigenvalue weighted by atomic mass is 9.94. The van der Waals surface area contributed by atoms with Crippen molar-refractivity contribution in [3.8, 4) is 16.9 Å². The summed E-state index contributed by atoms with van der Waals surface area (Å²) in [4.78, 5) is 15.3. The molecule has 0 saturated carbocycles. The third kappa shape index (κ3) is 2.60. The summed E-state index contributed by atoms with van der Waals surface area (Å²) in [7, 11) is 1.67. The SMILES string of the molecule is COc1ccc2[nH]c(=O)c3sccc3c2c1-c1ccc([C@H](C)CN)cc1. The van der Waals surface area contributed by atoms with Crippen LogP contribution in [0, 0.1) is 0 Å². The number of fused-ring (bicyclic) bond motifs is 3. The number of benzene rings is 2. The highest BCUT2D eigenvalue weighted by Gasteiger charge is 2.16. The molecule has 4 rings (SSSR count). The number of thiophene rings is 1. The molecule has 4 nitrogen and oxygen atoms in total. The highest BCUT2D eigenvalue weighted by atomic mass is 32.1. The third-order valence-electron chi connectivity index (χ3n) is 4.90. The fraction of sp³-hybridized carbons (Fsp3) is 0.190. The second kappa shape index (κ2) is 6.59.